The second-order valence-electron chi connectivity index (χ2n) is 7.50. The largest absolute Gasteiger partial charge is 0.466 e. The lowest BCUT2D eigenvalue weighted by atomic mass is 9.98. The van der Waals surface area contributed by atoms with Gasteiger partial charge >= 0.3 is 5.97 Å². The molecule has 0 aliphatic carbocycles. The molecule has 0 amide bonds. The summed E-state index contributed by atoms with van der Waals surface area (Å²) in [5.41, 5.74) is 4.68. The minimum atomic E-state index is -0.113. The Kier molecular flexibility index (Phi) is 5.46. The first-order valence-corrected chi connectivity index (χ1v) is 10.4. The van der Waals surface area contributed by atoms with Gasteiger partial charge in [0.2, 0.25) is 0 Å². The smallest absolute Gasteiger partial charge is 0.310 e. The summed E-state index contributed by atoms with van der Waals surface area (Å²) < 4.78 is 7.16. The summed E-state index contributed by atoms with van der Waals surface area (Å²) >= 11 is 6.06. The number of carbonyl (C=O) groups excluding carboxylic acids is 1. The number of hydrogen-bond donors (Lipinski definition) is 0. The molecule has 1 fully saturated rings. The van der Waals surface area contributed by atoms with Crippen LogP contribution in [0.15, 0.2) is 30.3 Å². The molecule has 4 rings (SSSR count). The van der Waals surface area contributed by atoms with E-state index in [1.165, 1.54) is 0 Å². The molecule has 152 valence electrons. The molecular formula is C22H25ClN4O2. The first-order chi connectivity index (χ1) is 14.0. The Balaban J connectivity index is 1.77. The third kappa shape index (κ3) is 3.81. The Bertz CT molecular complexity index is 1050. The van der Waals surface area contributed by atoms with Crippen LogP contribution in [0.4, 0.5) is 5.82 Å². The summed E-state index contributed by atoms with van der Waals surface area (Å²) in [5, 5.41) is 5.50. The number of ether oxygens (including phenoxy) is 1. The maximum atomic E-state index is 12.3. The van der Waals surface area contributed by atoms with Gasteiger partial charge in [-0.25, -0.2) is 4.98 Å². The topological polar surface area (TPSA) is 59.7 Å². The Hall–Kier alpha value is -2.60. The molecule has 1 saturated heterocycles. The highest BCUT2D eigenvalue weighted by molar-refractivity contribution is 6.30. The quantitative estimate of drug-likeness (QED) is 0.592. The van der Waals surface area contributed by atoms with Crippen LogP contribution in [0.1, 0.15) is 31.2 Å². The zero-order valence-corrected chi connectivity index (χ0v) is 17.7. The highest BCUT2D eigenvalue weighted by Gasteiger charge is 2.29. The second kappa shape index (κ2) is 8.03. The van der Waals surface area contributed by atoms with Gasteiger partial charge in [-0.1, -0.05) is 23.7 Å². The molecule has 3 aromatic rings. The van der Waals surface area contributed by atoms with Crippen molar-refractivity contribution in [3.05, 3.63) is 46.7 Å². The van der Waals surface area contributed by atoms with Crippen LogP contribution in [0, 0.1) is 19.8 Å². The average Bonchev–Trinajstić information content (AvgIpc) is 3.04. The van der Waals surface area contributed by atoms with Gasteiger partial charge in [-0.3, -0.25) is 4.79 Å². The number of piperidine rings is 1. The van der Waals surface area contributed by atoms with Crippen molar-refractivity contribution in [3.63, 3.8) is 0 Å². The fourth-order valence-electron chi connectivity index (χ4n) is 4.04. The number of aryl methyl sites for hydroxylation is 2. The average molecular weight is 413 g/mol. The number of aromatic nitrogens is 3. The van der Waals surface area contributed by atoms with Gasteiger partial charge in [-0.15, -0.1) is 0 Å². The highest BCUT2D eigenvalue weighted by atomic mass is 35.5. The predicted octanol–water partition coefficient (Wildman–Crippen LogP) is 4.45. The molecule has 7 heteroatoms. The fraction of sp³-hybridized carbons (Fsp3) is 0.409. The SMILES string of the molecule is CCOC(=O)C1CCCN(c2cc(C)nc3c(-c4ccc(Cl)cc4)c(C)nn23)C1. The number of hydrogen-bond acceptors (Lipinski definition) is 5. The van der Waals surface area contributed by atoms with E-state index in [1.807, 2.05) is 55.6 Å². The Morgan fingerprint density at radius 1 is 1.28 bits per heavy atom. The van der Waals surface area contributed by atoms with Crippen molar-refractivity contribution in [3.8, 4) is 11.1 Å². The third-order valence-electron chi connectivity index (χ3n) is 5.37. The van der Waals surface area contributed by atoms with Crippen LogP contribution < -0.4 is 4.90 Å². The lowest BCUT2D eigenvalue weighted by Crippen LogP contribution is -2.40. The molecule has 1 aliphatic rings. The van der Waals surface area contributed by atoms with Gasteiger partial charge in [0, 0.05) is 35.4 Å². The lowest BCUT2D eigenvalue weighted by Gasteiger charge is -2.33. The number of benzene rings is 1. The molecule has 29 heavy (non-hydrogen) atoms. The summed E-state index contributed by atoms with van der Waals surface area (Å²) in [6, 6.07) is 9.79. The molecule has 0 radical (unpaired) electrons. The summed E-state index contributed by atoms with van der Waals surface area (Å²) in [5.74, 6) is 0.738. The molecule has 1 aliphatic heterocycles. The molecule has 1 aromatic carbocycles. The predicted molar refractivity (Wildman–Crippen MR) is 114 cm³/mol. The molecule has 2 aromatic heterocycles. The van der Waals surface area contributed by atoms with E-state index in [0.29, 0.717) is 18.2 Å². The molecule has 0 saturated carbocycles. The van der Waals surface area contributed by atoms with E-state index in [-0.39, 0.29) is 11.9 Å². The maximum absolute atomic E-state index is 12.3. The van der Waals surface area contributed by atoms with Crippen LogP contribution in [-0.2, 0) is 9.53 Å². The van der Waals surface area contributed by atoms with E-state index in [0.717, 1.165) is 53.4 Å². The van der Waals surface area contributed by atoms with Crippen molar-refractivity contribution < 1.29 is 9.53 Å². The van der Waals surface area contributed by atoms with Crippen LogP contribution >= 0.6 is 11.6 Å². The Morgan fingerprint density at radius 2 is 2.03 bits per heavy atom. The summed E-state index contributed by atoms with van der Waals surface area (Å²) in [6.45, 7) is 7.76. The monoisotopic (exact) mass is 412 g/mol. The first kappa shape index (κ1) is 19.7. The van der Waals surface area contributed by atoms with Crippen molar-refractivity contribution >= 4 is 29.0 Å². The Morgan fingerprint density at radius 3 is 2.76 bits per heavy atom. The van der Waals surface area contributed by atoms with Crippen LogP contribution in [0.5, 0.6) is 0 Å². The van der Waals surface area contributed by atoms with E-state index in [1.54, 1.807) is 0 Å². The lowest BCUT2D eigenvalue weighted by molar-refractivity contribution is -0.148. The van der Waals surface area contributed by atoms with Crippen LogP contribution in [0.25, 0.3) is 16.8 Å². The van der Waals surface area contributed by atoms with E-state index in [9.17, 15) is 4.79 Å². The van der Waals surface area contributed by atoms with Crippen molar-refractivity contribution in [2.24, 2.45) is 5.92 Å². The third-order valence-corrected chi connectivity index (χ3v) is 5.62. The van der Waals surface area contributed by atoms with Gasteiger partial charge in [0.25, 0.3) is 0 Å². The molecule has 3 heterocycles. The summed E-state index contributed by atoms with van der Waals surface area (Å²) in [7, 11) is 0. The normalized spacial score (nSPS) is 17.0. The zero-order valence-electron chi connectivity index (χ0n) is 17.0. The van der Waals surface area contributed by atoms with Gasteiger partial charge in [-0.05, 0) is 51.3 Å². The summed E-state index contributed by atoms with van der Waals surface area (Å²) in [4.78, 5) is 19.3. The molecule has 6 nitrogen and oxygen atoms in total. The Labute approximate surface area is 175 Å². The number of rotatable bonds is 4. The minimum absolute atomic E-state index is 0.111. The first-order valence-electron chi connectivity index (χ1n) is 10.0. The molecule has 1 unspecified atom stereocenters. The minimum Gasteiger partial charge on any atom is -0.466 e. The molecule has 0 spiro atoms. The van der Waals surface area contributed by atoms with E-state index in [2.05, 4.69) is 4.90 Å². The van der Waals surface area contributed by atoms with E-state index < -0.39 is 0 Å². The number of esters is 1. The van der Waals surface area contributed by atoms with Crippen molar-refractivity contribution in [1.29, 1.82) is 0 Å². The van der Waals surface area contributed by atoms with Crippen LogP contribution in [0.2, 0.25) is 5.02 Å². The molecular weight excluding hydrogens is 388 g/mol. The van der Waals surface area contributed by atoms with E-state index >= 15 is 0 Å². The van der Waals surface area contributed by atoms with Crippen molar-refractivity contribution in [1.82, 2.24) is 14.6 Å². The van der Waals surface area contributed by atoms with Gasteiger partial charge in [0.15, 0.2) is 5.65 Å². The van der Waals surface area contributed by atoms with Crippen molar-refractivity contribution in [2.45, 2.75) is 33.6 Å². The number of halogens is 1. The zero-order chi connectivity index (χ0) is 20.5. The summed E-state index contributed by atoms with van der Waals surface area (Å²) in [6.07, 6.45) is 1.80. The number of nitrogens with zero attached hydrogens (tertiary/aromatic N) is 4. The maximum Gasteiger partial charge on any atom is 0.310 e. The molecule has 0 N–H and O–H groups in total. The fourth-order valence-corrected chi connectivity index (χ4v) is 4.17. The number of anilines is 1. The highest BCUT2D eigenvalue weighted by Crippen LogP contribution is 2.32. The number of carbonyl (C=O) groups is 1. The second-order valence-corrected chi connectivity index (χ2v) is 7.93. The molecule has 0 bridgehead atoms. The molecule has 1 atom stereocenters. The van der Waals surface area contributed by atoms with Gasteiger partial charge in [-0.2, -0.15) is 9.61 Å². The van der Waals surface area contributed by atoms with Gasteiger partial charge in [0.1, 0.15) is 5.82 Å². The van der Waals surface area contributed by atoms with Gasteiger partial charge in [0.05, 0.1) is 18.2 Å². The van der Waals surface area contributed by atoms with Gasteiger partial charge < -0.3 is 9.64 Å². The van der Waals surface area contributed by atoms with E-state index in [4.69, 9.17) is 26.4 Å². The number of fused-ring (bicyclic) bond motifs is 1. The van der Waals surface area contributed by atoms with Crippen LogP contribution in [-0.4, -0.2) is 40.3 Å². The van der Waals surface area contributed by atoms with Crippen LogP contribution in [0.3, 0.4) is 0 Å². The standard InChI is InChI=1S/C22H25ClN4O2/c1-4-29-22(28)17-6-5-11-26(13-17)19-12-14(2)24-21-20(15(3)25-27(19)21)16-7-9-18(23)10-8-16/h7-10,12,17H,4-6,11,13H2,1-3H3. The van der Waals surface area contributed by atoms with Crippen molar-refractivity contribution in [2.75, 3.05) is 24.6 Å².